The number of amides is 1. The number of hydrogen-bond donors (Lipinski definition) is 3. The second-order valence-corrected chi connectivity index (χ2v) is 4.01. The zero-order valence-corrected chi connectivity index (χ0v) is 9.97. The van der Waals surface area contributed by atoms with Crippen molar-refractivity contribution in [3.05, 3.63) is 54.1 Å². The quantitative estimate of drug-likeness (QED) is 0.726. The van der Waals surface area contributed by atoms with Crippen LogP contribution < -0.4 is 11.1 Å². The standard InChI is InChI=1S/C13H16N4O/c14-12(10-4-2-1-3-5-10)13(18)16-7-6-11-8-15-9-17-11/h1-5,8-9,12H,6-7,14H2,(H,15,17)(H,16,18)/t12-/m1/s1. The monoisotopic (exact) mass is 244 g/mol. The third-order valence-corrected chi connectivity index (χ3v) is 2.69. The van der Waals surface area contributed by atoms with Crippen molar-refractivity contribution >= 4 is 5.91 Å². The van der Waals surface area contributed by atoms with Gasteiger partial charge in [-0.25, -0.2) is 4.98 Å². The number of aromatic nitrogens is 2. The first-order chi connectivity index (χ1) is 8.77. The predicted octanol–water partition coefficient (Wildman–Crippen LogP) is 0.768. The fourth-order valence-electron chi connectivity index (χ4n) is 1.66. The third kappa shape index (κ3) is 3.18. The first-order valence-corrected chi connectivity index (χ1v) is 5.83. The zero-order valence-electron chi connectivity index (χ0n) is 9.97. The highest BCUT2D eigenvalue weighted by molar-refractivity contribution is 5.82. The molecule has 5 nitrogen and oxygen atoms in total. The van der Waals surface area contributed by atoms with E-state index in [2.05, 4.69) is 15.3 Å². The van der Waals surface area contributed by atoms with Crippen LogP contribution in [0.1, 0.15) is 17.3 Å². The van der Waals surface area contributed by atoms with E-state index in [-0.39, 0.29) is 5.91 Å². The highest BCUT2D eigenvalue weighted by Gasteiger charge is 2.14. The summed E-state index contributed by atoms with van der Waals surface area (Å²) >= 11 is 0. The van der Waals surface area contributed by atoms with Crippen molar-refractivity contribution in [2.75, 3.05) is 6.54 Å². The maximum Gasteiger partial charge on any atom is 0.241 e. The Labute approximate surface area is 105 Å². The van der Waals surface area contributed by atoms with Crippen molar-refractivity contribution in [3.63, 3.8) is 0 Å². The SMILES string of the molecule is N[C@@H](C(=O)NCCc1cnc[nH]1)c1ccccc1. The lowest BCUT2D eigenvalue weighted by Gasteiger charge is -2.12. The van der Waals surface area contributed by atoms with E-state index in [9.17, 15) is 4.79 Å². The smallest absolute Gasteiger partial charge is 0.241 e. The minimum atomic E-state index is -0.618. The molecule has 0 aliphatic carbocycles. The molecule has 0 saturated heterocycles. The largest absolute Gasteiger partial charge is 0.354 e. The summed E-state index contributed by atoms with van der Waals surface area (Å²) in [5, 5.41) is 2.81. The Balaban J connectivity index is 1.81. The molecule has 0 aliphatic heterocycles. The molecule has 2 aromatic rings. The van der Waals surface area contributed by atoms with Crippen LogP contribution in [0.4, 0.5) is 0 Å². The van der Waals surface area contributed by atoms with Crippen molar-refractivity contribution in [1.29, 1.82) is 0 Å². The average Bonchev–Trinajstić information content (AvgIpc) is 2.92. The van der Waals surface area contributed by atoms with Gasteiger partial charge in [0.1, 0.15) is 6.04 Å². The number of aromatic amines is 1. The van der Waals surface area contributed by atoms with Gasteiger partial charge in [0.25, 0.3) is 0 Å². The molecule has 1 heterocycles. The van der Waals surface area contributed by atoms with Crippen LogP contribution in [0, 0.1) is 0 Å². The molecule has 0 radical (unpaired) electrons. The van der Waals surface area contributed by atoms with Gasteiger partial charge >= 0.3 is 0 Å². The van der Waals surface area contributed by atoms with Gasteiger partial charge in [-0.15, -0.1) is 0 Å². The molecule has 0 bridgehead atoms. The lowest BCUT2D eigenvalue weighted by molar-refractivity contribution is -0.122. The van der Waals surface area contributed by atoms with Crippen LogP contribution in [0.25, 0.3) is 0 Å². The van der Waals surface area contributed by atoms with Gasteiger partial charge in [-0.3, -0.25) is 4.79 Å². The number of benzene rings is 1. The van der Waals surface area contributed by atoms with E-state index in [1.54, 1.807) is 12.5 Å². The molecule has 5 heteroatoms. The van der Waals surface area contributed by atoms with Gasteiger partial charge in [0, 0.05) is 24.9 Å². The first kappa shape index (κ1) is 12.3. The van der Waals surface area contributed by atoms with Crippen molar-refractivity contribution in [3.8, 4) is 0 Å². The number of imidazole rings is 1. The Hall–Kier alpha value is -2.14. The molecule has 4 N–H and O–H groups in total. The number of nitrogens with two attached hydrogens (primary N) is 1. The summed E-state index contributed by atoms with van der Waals surface area (Å²) in [7, 11) is 0. The molecule has 0 aliphatic rings. The molecule has 1 amide bonds. The van der Waals surface area contributed by atoms with E-state index in [4.69, 9.17) is 5.73 Å². The number of hydrogen-bond acceptors (Lipinski definition) is 3. The summed E-state index contributed by atoms with van der Waals surface area (Å²) in [6.45, 7) is 0.543. The maximum atomic E-state index is 11.8. The average molecular weight is 244 g/mol. The van der Waals surface area contributed by atoms with E-state index >= 15 is 0 Å². The molecule has 1 aromatic heterocycles. The van der Waals surface area contributed by atoms with Crippen LogP contribution in [0.5, 0.6) is 0 Å². The summed E-state index contributed by atoms with van der Waals surface area (Å²) in [5.74, 6) is -0.166. The van der Waals surface area contributed by atoms with E-state index in [0.717, 1.165) is 11.3 Å². The summed E-state index contributed by atoms with van der Waals surface area (Å²) in [6, 6.07) is 8.71. The molecule has 0 fully saturated rings. The van der Waals surface area contributed by atoms with Gasteiger partial charge < -0.3 is 16.0 Å². The molecule has 18 heavy (non-hydrogen) atoms. The molecule has 1 atom stereocenters. The summed E-state index contributed by atoms with van der Waals surface area (Å²) in [6.07, 6.45) is 4.07. The molecular weight excluding hydrogens is 228 g/mol. The summed E-state index contributed by atoms with van der Waals surface area (Å²) in [4.78, 5) is 18.7. The van der Waals surface area contributed by atoms with Gasteiger partial charge in [-0.05, 0) is 5.56 Å². The first-order valence-electron chi connectivity index (χ1n) is 5.83. The fraction of sp³-hybridized carbons (Fsp3) is 0.231. The highest BCUT2D eigenvalue weighted by Crippen LogP contribution is 2.08. The number of nitrogens with one attached hydrogen (secondary N) is 2. The third-order valence-electron chi connectivity index (χ3n) is 2.69. The van der Waals surface area contributed by atoms with Crippen LogP contribution in [-0.4, -0.2) is 22.4 Å². The lowest BCUT2D eigenvalue weighted by Crippen LogP contribution is -2.35. The van der Waals surface area contributed by atoms with E-state index in [1.807, 2.05) is 30.3 Å². The number of carbonyl (C=O) groups excluding carboxylic acids is 1. The van der Waals surface area contributed by atoms with Crippen molar-refractivity contribution in [2.24, 2.45) is 5.73 Å². The number of rotatable bonds is 5. The second-order valence-electron chi connectivity index (χ2n) is 4.01. The van der Waals surface area contributed by atoms with Crippen molar-refractivity contribution in [2.45, 2.75) is 12.5 Å². The summed E-state index contributed by atoms with van der Waals surface area (Å²) < 4.78 is 0. The molecule has 94 valence electrons. The molecule has 2 rings (SSSR count). The second kappa shape index (κ2) is 5.97. The molecule has 0 saturated carbocycles. The molecule has 0 spiro atoms. The lowest BCUT2D eigenvalue weighted by atomic mass is 10.1. The minimum absolute atomic E-state index is 0.166. The molecule has 1 aromatic carbocycles. The maximum absolute atomic E-state index is 11.8. The number of H-pyrrole nitrogens is 1. The highest BCUT2D eigenvalue weighted by atomic mass is 16.2. The predicted molar refractivity (Wildman–Crippen MR) is 68.7 cm³/mol. The van der Waals surface area contributed by atoms with E-state index in [1.165, 1.54) is 0 Å². The van der Waals surface area contributed by atoms with Crippen molar-refractivity contribution < 1.29 is 4.79 Å². The minimum Gasteiger partial charge on any atom is -0.354 e. The van der Waals surface area contributed by atoms with Gasteiger partial charge in [0.15, 0.2) is 0 Å². The number of nitrogens with zero attached hydrogens (tertiary/aromatic N) is 1. The van der Waals surface area contributed by atoms with Crippen LogP contribution in [0.15, 0.2) is 42.9 Å². The Kier molecular flexibility index (Phi) is 4.09. The molecular formula is C13H16N4O. The zero-order chi connectivity index (χ0) is 12.8. The van der Waals surface area contributed by atoms with E-state index in [0.29, 0.717) is 13.0 Å². The van der Waals surface area contributed by atoms with Crippen LogP contribution in [0.2, 0.25) is 0 Å². The Morgan fingerprint density at radius 2 is 2.17 bits per heavy atom. The Morgan fingerprint density at radius 3 is 2.83 bits per heavy atom. The van der Waals surface area contributed by atoms with E-state index < -0.39 is 6.04 Å². The van der Waals surface area contributed by atoms with Crippen LogP contribution in [-0.2, 0) is 11.2 Å². The van der Waals surface area contributed by atoms with Gasteiger partial charge in [0.05, 0.1) is 6.33 Å². The normalized spacial score (nSPS) is 12.1. The van der Waals surface area contributed by atoms with Crippen LogP contribution >= 0.6 is 0 Å². The Bertz CT molecular complexity index is 481. The fourth-order valence-corrected chi connectivity index (χ4v) is 1.66. The van der Waals surface area contributed by atoms with Gasteiger partial charge in [-0.1, -0.05) is 30.3 Å². The summed E-state index contributed by atoms with van der Waals surface area (Å²) in [5.41, 5.74) is 7.67. The number of carbonyl (C=O) groups is 1. The topological polar surface area (TPSA) is 83.8 Å². The van der Waals surface area contributed by atoms with Gasteiger partial charge in [-0.2, -0.15) is 0 Å². The Morgan fingerprint density at radius 1 is 1.39 bits per heavy atom. The molecule has 0 unspecified atom stereocenters. The van der Waals surface area contributed by atoms with Crippen molar-refractivity contribution in [1.82, 2.24) is 15.3 Å². The van der Waals surface area contributed by atoms with Crippen LogP contribution in [0.3, 0.4) is 0 Å². The van der Waals surface area contributed by atoms with Gasteiger partial charge in [0.2, 0.25) is 5.91 Å².